The second kappa shape index (κ2) is 4.69. The number of carbonyl (C=O) groups is 1. The lowest BCUT2D eigenvalue weighted by atomic mass is 10.1. The zero-order valence-electron chi connectivity index (χ0n) is 9.85. The van der Waals surface area contributed by atoms with E-state index in [2.05, 4.69) is 26.0 Å². The second-order valence-electron chi connectivity index (χ2n) is 4.88. The van der Waals surface area contributed by atoms with Gasteiger partial charge in [-0.2, -0.15) is 0 Å². The number of esters is 1. The van der Waals surface area contributed by atoms with Gasteiger partial charge in [-0.1, -0.05) is 44.2 Å². The molecule has 0 heterocycles. The normalized spacial score (nSPS) is 23.2. The highest BCUT2D eigenvalue weighted by atomic mass is 16.5. The van der Waals surface area contributed by atoms with Crippen LogP contribution in [-0.2, 0) is 9.53 Å². The van der Waals surface area contributed by atoms with E-state index in [0.717, 1.165) is 6.42 Å². The van der Waals surface area contributed by atoms with Gasteiger partial charge in [0.15, 0.2) is 0 Å². The first-order chi connectivity index (χ1) is 7.68. The predicted octanol–water partition coefficient (Wildman–Crippen LogP) is 2.99. The molecule has 0 bridgehead atoms. The first-order valence-electron chi connectivity index (χ1n) is 5.90. The lowest BCUT2D eigenvalue weighted by Crippen LogP contribution is -2.12. The van der Waals surface area contributed by atoms with Gasteiger partial charge in [-0.15, -0.1) is 0 Å². The predicted molar refractivity (Wildman–Crippen MR) is 63.1 cm³/mol. The second-order valence-corrected chi connectivity index (χ2v) is 4.88. The van der Waals surface area contributed by atoms with Crippen molar-refractivity contribution >= 4 is 5.97 Å². The Bertz CT molecular complexity index is 356. The largest absolute Gasteiger partial charge is 0.465 e. The van der Waals surface area contributed by atoms with E-state index in [4.69, 9.17) is 4.74 Å². The summed E-state index contributed by atoms with van der Waals surface area (Å²) >= 11 is 0. The van der Waals surface area contributed by atoms with E-state index in [9.17, 15) is 4.79 Å². The molecule has 0 aromatic heterocycles. The van der Waals surface area contributed by atoms with E-state index in [0.29, 0.717) is 18.4 Å². The first-order valence-corrected chi connectivity index (χ1v) is 5.90. The van der Waals surface area contributed by atoms with E-state index < -0.39 is 0 Å². The molecule has 2 atom stereocenters. The molecule has 1 aliphatic rings. The monoisotopic (exact) mass is 218 g/mol. The minimum Gasteiger partial charge on any atom is -0.465 e. The third-order valence-corrected chi connectivity index (χ3v) is 2.88. The van der Waals surface area contributed by atoms with Crippen molar-refractivity contribution in [2.45, 2.75) is 26.2 Å². The quantitative estimate of drug-likeness (QED) is 0.726. The number of benzene rings is 1. The van der Waals surface area contributed by atoms with Gasteiger partial charge in [0.1, 0.15) is 0 Å². The van der Waals surface area contributed by atoms with Crippen molar-refractivity contribution in [3.63, 3.8) is 0 Å². The van der Waals surface area contributed by atoms with Gasteiger partial charge in [-0.3, -0.25) is 4.79 Å². The van der Waals surface area contributed by atoms with Crippen LogP contribution < -0.4 is 0 Å². The molecule has 2 nitrogen and oxygen atoms in total. The van der Waals surface area contributed by atoms with Crippen molar-refractivity contribution in [1.82, 2.24) is 0 Å². The number of ether oxygens (including phenoxy) is 1. The van der Waals surface area contributed by atoms with Crippen molar-refractivity contribution in [1.29, 1.82) is 0 Å². The average molecular weight is 218 g/mol. The molecule has 1 fully saturated rings. The van der Waals surface area contributed by atoms with Crippen LogP contribution in [0.1, 0.15) is 31.7 Å². The molecule has 0 saturated heterocycles. The Kier molecular flexibility index (Phi) is 3.28. The highest BCUT2D eigenvalue weighted by molar-refractivity contribution is 5.77. The third-order valence-electron chi connectivity index (χ3n) is 2.88. The van der Waals surface area contributed by atoms with Crippen LogP contribution in [0.3, 0.4) is 0 Å². The van der Waals surface area contributed by atoms with Gasteiger partial charge in [-0.25, -0.2) is 0 Å². The maximum atomic E-state index is 11.7. The van der Waals surface area contributed by atoms with Gasteiger partial charge in [-0.05, 0) is 23.8 Å². The van der Waals surface area contributed by atoms with Crippen LogP contribution in [0.5, 0.6) is 0 Å². The zero-order valence-corrected chi connectivity index (χ0v) is 9.85. The Morgan fingerprint density at radius 1 is 1.38 bits per heavy atom. The van der Waals surface area contributed by atoms with Crippen molar-refractivity contribution in [2.75, 3.05) is 6.61 Å². The Morgan fingerprint density at radius 3 is 2.69 bits per heavy atom. The van der Waals surface area contributed by atoms with Crippen molar-refractivity contribution in [3.05, 3.63) is 35.9 Å². The van der Waals surface area contributed by atoms with E-state index in [-0.39, 0.29) is 11.9 Å². The summed E-state index contributed by atoms with van der Waals surface area (Å²) in [6, 6.07) is 10.2. The Labute approximate surface area is 96.6 Å². The van der Waals surface area contributed by atoms with Crippen LogP contribution in [0.15, 0.2) is 30.3 Å². The van der Waals surface area contributed by atoms with Crippen LogP contribution in [0, 0.1) is 11.8 Å². The van der Waals surface area contributed by atoms with Crippen molar-refractivity contribution in [2.24, 2.45) is 11.8 Å². The summed E-state index contributed by atoms with van der Waals surface area (Å²) in [4.78, 5) is 11.7. The SMILES string of the molecule is CC(C)COC(=O)[C@@H]1C[C@H]1c1ccccc1. The fourth-order valence-corrected chi connectivity index (χ4v) is 1.88. The summed E-state index contributed by atoms with van der Waals surface area (Å²) in [5, 5.41) is 0. The van der Waals surface area contributed by atoms with E-state index in [1.54, 1.807) is 0 Å². The summed E-state index contributed by atoms with van der Waals surface area (Å²) in [5.74, 6) is 0.877. The molecule has 0 radical (unpaired) electrons. The summed E-state index contributed by atoms with van der Waals surface area (Å²) in [7, 11) is 0. The maximum absolute atomic E-state index is 11.7. The molecule has 0 spiro atoms. The summed E-state index contributed by atoms with van der Waals surface area (Å²) in [5.41, 5.74) is 1.26. The summed E-state index contributed by atoms with van der Waals surface area (Å²) in [6.45, 7) is 4.64. The topological polar surface area (TPSA) is 26.3 Å². The Balaban J connectivity index is 1.85. The molecule has 16 heavy (non-hydrogen) atoms. The fraction of sp³-hybridized carbons (Fsp3) is 0.500. The molecular weight excluding hydrogens is 200 g/mol. The lowest BCUT2D eigenvalue weighted by Gasteiger charge is -2.06. The minimum absolute atomic E-state index is 0.0254. The average Bonchev–Trinajstić information content (AvgIpc) is 3.07. The van der Waals surface area contributed by atoms with Gasteiger partial charge >= 0.3 is 5.97 Å². The molecule has 0 N–H and O–H groups in total. The Morgan fingerprint density at radius 2 is 2.06 bits per heavy atom. The van der Waals surface area contributed by atoms with Crippen LogP contribution in [0.25, 0.3) is 0 Å². The van der Waals surface area contributed by atoms with Gasteiger partial charge in [0.05, 0.1) is 12.5 Å². The van der Waals surface area contributed by atoms with Crippen molar-refractivity contribution < 1.29 is 9.53 Å². The minimum atomic E-state index is -0.0254. The summed E-state index contributed by atoms with van der Waals surface area (Å²) in [6.07, 6.45) is 0.945. The van der Waals surface area contributed by atoms with E-state index >= 15 is 0 Å². The number of rotatable bonds is 4. The molecule has 86 valence electrons. The fourth-order valence-electron chi connectivity index (χ4n) is 1.88. The molecular formula is C14H18O2. The molecule has 1 saturated carbocycles. The van der Waals surface area contributed by atoms with Crippen LogP contribution >= 0.6 is 0 Å². The van der Waals surface area contributed by atoms with Crippen LogP contribution in [0.2, 0.25) is 0 Å². The molecule has 1 aliphatic carbocycles. The molecule has 1 aromatic rings. The standard InChI is InChI=1S/C14H18O2/c1-10(2)9-16-14(15)13-8-12(13)11-6-4-3-5-7-11/h3-7,10,12-13H,8-9H2,1-2H3/t12-,13+/m0/s1. The van der Waals surface area contributed by atoms with Crippen molar-refractivity contribution in [3.8, 4) is 0 Å². The number of carbonyl (C=O) groups excluding carboxylic acids is 1. The summed E-state index contributed by atoms with van der Waals surface area (Å²) < 4.78 is 5.24. The smallest absolute Gasteiger partial charge is 0.309 e. The molecule has 0 unspecified atom stereocenters. The maximum Gasteiger partial charge on any atom is 0.309 e. The molecule has 2 heteroatoms. The highest BCUT2D eigenvalue weighted by Crippen LogP contribution is 2.48. The number of hydrogen-bond donors (Lipinski definition) is 0. The zero-order chi connectivity index (χ0) is 11.5. The Hall–Kier alpha value is -1.31. The van der Waals surface area contributed by atoms with Crippen LogP contribution in [0.4, 0.5) is 0 Å². The van der Waals surface area contributed by atoms with E-state index in [1.165, 1.54) is 5.56 Å². The van der Waals surface area contributed by atoms with E-state index in [1.807, 2.05) is 18.2 Å². The van der Waals surface area contributed by atoms with Gasteiger partial charge in [0.2, 0.25) is 0 Å². The number of hydrogen-bond acceptors (Lipinski definition) is 2. The molecule has 2 rings (SSSR count). The molecule has 0 amide bonds. The third kappa shape index (κ3) is 2.63. The lowest BCUT2D eigenvalue weighted by molar-refractivity contribution is -0.146. The molecule has 1 aromatic carbocycles. The molecule has 0 aliphatic heterocycles. The van der Waals surface area contributed by atoms with Gasteiger partial charge < -0.3 is 4.74 Å². The van der Waals surface area contributed by atoms with Crippen LogP contribution in [-0.4, -0.2) is 12.6 Å². The highest BCUT2D eigenvalue weighted by Gasteiger charge is 2.45. The van der Waals surface area contributed by atoms with Gasteiger partial charge in [0, 0.05) is 0 Å². The van der Waals surface area contributed by atoms with Gasteiger partial charge in [0.25, 0.3) is 0 Å². The first kappa shape index (κ1) is 11.2.